The molecule has 1 aliphatic heterocycles. The van der Waals surface area contributed by atoms with Crippen LogP contribution in [0.5, 0.6) is 0 Å². The number of ether oxygens (including phenoxy) is 1. The monoisotopic (exact) mass is 372 g/mol. The lowest BCUT2D eigenvalue weighted by Gasteiger charge is -2.19. The summed E-state index contributed by atoms with van der Waals surface area (Å²) in [6.07, 6.45) is -0.219. The number of rotatable bonds is 6. The van der Waals surface area contributed by atoms with Crippen molar-refractivity contribution in [1.29, 1.82) is 0 Å². The van der Waals surface area contributed by atoms with Crippen molar-refractivity contribution in [2.45, 2.75) is 49.1 Å². The number of nitrogens with two attached hydrogens (primary N) is 2. The first-order chi connectivity index (χ1) is 11.8. The zero-order valence-electron chi connectivity index (χ0n) is 14.1. The molecule has 1 aromatic heterocycles. The Morgan fingerprint density at radius 2 is 2.16 bits per heavy atom. The Morgan fingerprint density at radius 3 is 2.76 bits per heavy atom. The second kappa shape index (κ2) is 8.17. The number of thioether (sulfide) groups is 1. The Balaban J connectivity index is 2.02. The fourth-order valence-corrected chi connectivity index (χ4v) is 3.90. The standard InChI is InChI=1S/C15H24N4O5S/c1-3-7(2)10(17)14(22)24-6-8-11(20)12(21)13(25-8)19-5-4-9(16)18-15(19)23/h4-5,7-8,10-13,20-21H,3,6,17H2,1-2H3,(H2,16,18,23)/t7?,8-,10+,11?,12?,13-/m1/s1. The van der Waals surface area contributed by atoms with Crippen LogP contribution in [0.2, 0.25) is 0 Å². The predicted octanol–water partition coefficient (Wildman–Crippen LogP) is -0.922. The van der Waals surface area contributed by atoms with Crippen molar-refractivity contribution in [3.63, 3.8) is 0 Å². The van der Waals surface area contributed by atoms with Gasteiger partial charge in [-0.15, -0.1) is 11.8 Å². The Bertz CT molecular complexity index is 670. The van der Waals surface area contributed by atoms with Gasteiger partial charge in [0, 0.05) is 6.20 Å². The topological polar surface area (TPSA) is 154 Å². The molecule has 2 rings (SSSR count). The lowest BCUT2D eigenvalue weighted by Crippen LogP contribution is -2.40. The quantitative estimate of drug-likeness (QED) is 0.464. The van der Waals surface area contributed by atoms with Gasteiger partial charge >= 0.3 is 11.7 Å². The molecule has 0 aromatic carbocycles. The molecule has 1 aromatic rings. The summed E-state index contributed by atoms with van der Waals surface area (Å²) in [6.45, 7) is 3.67. The number of esters is 1. The van der Waals surface area contributed by atoms with Gasteiger partial charge in [-0.05, 0) is 12.0 Å². The van der Waals surface area contributed by atoms with Crippen molar-refractivity contribution in [3.8, 4) is 0 Å². The summed E-state index contributed by atoms with van der Waals surface area (Å²) < 4.78 is 6.38. The van der Waals surface area contributed by atoms with E-state index in [1.807, 2.05) is 13.8 Å². The van der Waals surface area contributed by atoms with E-state index in [9.17, 15) is 19.8 Å². The Kier molecular flexibility index (Phi) is 6.44. The van der Waals surface area contributed by atoms with Crippen LogP contribution in [0.15, 0.2) is 17.1 Å². The maximum Gasteiger partial charge on any atom is 0.350 e. The van der Waals surface area contributed by atoms with Gasteiger partial charge < -0.3 is 26.4 Å². The molecule has 1 fully saturated rings. The maximum atomic E-state index is 12.0. The number of aliphatic hydroxyl groups excluding tert-OH is 2. The summed E-state index contributed by atoms with van der Waals surface area (Å²) in [5, 5.41) is 19.1. The van der Waals surface area contributed by atoms with Crippen LogP contribution in [0.25, 0.3) is 0 Å². The van der Waals surface area contributed by atoms with Crippen LogP contribution in [0, 0.1) is 5.92 Å². The normalized spacial score (nSPS) is 28.5. The van der Waals surface area contributed by atoms with Gasteiger partial charge in [-0.1, -0.05) is 20.3 Å². The molecule has 0 saturated carbocycles. The molecule has 6 atom stereocenters. The molecular weight excluding hydrogens is 348 g/mol. The molecular formula is C15H24N4O5S. The van der Waals surface area contributed by atoms with Crippen LogP contribution in [-0.2, 0) is 9.53 Å². The molecule has 9 nitrogen and oxygen atoms in total. The number of carbonyl (C=O) groups is 1. The van der Waals surface area contributed by atoms with Gasteiger partial charge in [-0.25, -0.2) is 4.79 Å². The summed E-state index contributed by atoms with van der Waals surface area (Å²) in [5.74, 6) is -0.498. The molecule has 3 unspecified atom stereocenters. The Hall–Kier alpha value is -1.62. The molecule has 0 radical (unpaired) electrons. The van der Waals surface area contributed by atoms with Crippen molar-refractivity contribution in [3.05, 3.63) is 22.7 Å². The van der Waals surface area contributed by atoms with Crippen molar-refractivity contribution in [2.75, 3.05) is 12.3 Å². The SMILES string of the molecule is CCC(C)[C@H](N)C(=O)OC[C@H]1S[C@@H](n2ccc(N)nc2=O)C(O)C1O. The highest BCUT2D eigenvalue weighted by Gasteiger charge is 2.44. The average molecular weight is 372 g/mol. The van der Waals surface area contributed by atoms with E-state index in [1.165, 1.54) is 16.8 Å². The molecule has 1 aliphatic rings. The van der Waals surface area contributed by atoms with Crippen LogP contribution >= 0.6 is 11.8 Å². The molecule has 0 spiro atoms. The van der Waals surface area contributed by atoms with Crippen LogP contribution < -0.4 is 17.2 Å². The second-order valence-electron chi connectivity index (χ2n) is 6.13. The second-order valence-corrected chi connectivity index (χ2v) is 7.49. The number of hydrogen-bond donors (Lipinski definition) is 4. The third-order valence-electron chi connectivity index (χ3n) is 4.38. The average Bonchev–Trinajstić information content (AvgIpc) is 2.86. The lowest BCUT2D eigenvalue weighted by molar-refractivity contribution is -0.147. The van der Waals surface area contributed by atoms with Gasteiger partial charge in [-0.3, -0.25) is 9.36 Å². The van der Waals surface area contributed by atoms with Gasteiger partial charge in [0.2, 0.25) is 0 Å². The highest BCUT2D eigenvalue weighted by Crippen LogP contribution is 2.41. The Morgan fingerprint density at radius 1 is 1.48 bits per heavy atom. The molecule has 2 heterocycles. The third kappa shape index (κ3) is 4.32. The first kappa shape index (κ1) is 19.7. The van der Waals surface area contributed by atoms with E-state index in [-0.39, 0.29) is 18.3 Å². The van der Waals surface area contributed by atoms with Gasteiger partial charge in [0.1, 0.15) is 29.9 Å². The number of aromatic nitrogens is 2. The zero-order chi connectivity index (χ0) is 18.7. The molecule has 6 N–H and O–H groups in total. The van der Waals surface area contributed by atoms with E-state index in [1.54, 1.807) is 0 Å². The number of carbonyl (C=O) groups excluding carboxylic acids is 1. The molecule has 0 bridgehead atoms. The minimum atomic E-state index is -1.21. The predicted molar refractivity (Wildman–Crippen MR) is 93.7 cm³/mol. The van der Waals surface area contributed by atoms with E-state index in [0.29, 0.717) is 0 Å². The largest absolute Gasteiger partial charge is 0.463 e. The summed E-state index contributed by atoms with van der Waals surface area (Å²) in [5.41, 5.74) is 10.6. The maximum absolute atomic E-state index is 12.0. The number of anilines is 1. The highest BCUT2D eigenvalue weighted by molar-refractivity contribution is 8.00. The zero-order valence-corrected chi connectivity index (χ0v) is 14.9. The number of nitrogen functional groups attached to an aromatic ring is 1. The van der Waals surface area contributed by atoms with Crippen molar-refractivity contribution >= 4 is 23.5 Å². The van der Waals surface area contributed by atoms with Crippen LogP contribution in [0.3, 0.4) is 0 Å². The van der Waals surface area contributed by atoms with Crippen LogP contribution in [0.1, 0.15) is 25.6 Å². The molecule has 140 valence electrons. The van der Waals surface area contributed by atoms with Gasteiger partial charge in [0.25, 0.3) is 0 Å². The van der Waals surface area contributed by atoms with Gasteiger partial charge in [0.15, 0.2) is 0 Å². The Labute approximate surface area is 149 Å². The number of aliphatic hydroxyl groups is 2. The summed E-state index contributed by atoms with van der Waals surface area (Å²) in [7, 11) is 0. The fraction of sp³-hybridized carbons (Fsp3) is 0.667. The first-order valence-electron chi connectivity index (χ1n) is 8.04. The minimum absolute atomic E-state index is 0.0218. The van der Waals surface area contributed by atoms with Crippen LogP contribution in [-0.4, -0.2) is 55.8 Å². The van der Waals surface area contributed by atoms with Crippen molar-refractivity contribution in [2.24, 2.45) is 11.7 Å². The first-order valence-corrected chi connectivity index (χ1v) is 8.99. The number of nitrogens with zero attached hydrogens (tertiary/aromatic N) is 2. The van der Waals surface area contributed by atoms with E-state index in [2.05, 4.69) is 4.98 Å². The third-order valence-corrected chi connectivity index (χ3v) is 5.93. The molecule has 25 heavy (non-hydrogen) atoms. The van der Waals surface area contributed by atoms with Crippen molar-refractivity contribution < 1.29 is 19.7 Å². The molecule has 1 saturated heterocycles. The van der Waals surface area contributed by atoms with Crippen molar-refractivity contribution in [1.82, 2.24) is 9.55 Å². The summed E-state index contributed by atoms with van der Waals surface area (Å²) >= 11 is 1.13. The smallest absolute Gasteiger partial charge is 0.350 e. The van der Waals surface area contributed by atoms with Crippen LogP contribution in [0.4, 0.5) is 5.82 Å². The molecule has 0 aliphatic carbocycles. The summed E-state index contributed by atoms with van der Waals surface area (Å²) in [4.78, 5) is 27.5. The van der Waals surface area contributed by atoms with E-state index in [4.69, 9.17) is 16.2 Å². The van der Waals surface area contributed by atoms with E-state index < -0.39 is 40.5 Å². The fourth-order valence-electron chi connectivity index (χ4n) is 2.46. The molecule has 0 amide bonds. The highest BCUT2D eigenvalue weighted by atomic mass is 32.2. The lowest BCUT2D eigenvalue weighted by atomic mass is 10.0. The number of hydrogen-bond acceptors (Lipinski definition) is 9. The van der Waals surface area contributed by atoms with E-state index >= 15 is 0 Å². The minimum Gasteiger partial charge on any atom is -0.463 e. The molecule has 10 heteroatoms. The van der Waals surface area contributed by atoms with Gasteiger partial charge in [-0.2, -0.15) is 4.98 Å². The van der Waals surface area contributed by atoms with E-state index in [0.717, 1.165) is 18.2 Å². The summed E-state index contributed by atoms with van der Waals surface area (Å²) in [6, 6.07) is 0.692. The van der Waals surface area contributed by atoms with Gasteiger partial charge in [0.05, 0.1) is 11.4 Å².